The first-order chi connectivity index (χ1) is 19.6. The molecule has 0 aliphatic rings. The van der Waals surface area contributed by atoms with Crippen LogP contribution in [0.2, 0.25) is 0 Å². The molecule has 5 heteroatoms. The number of hydrogen-bond donors (Lipinski definition) is 0. The molecule has 4 aromatic heterocycles. The van der Waals surface area contributed by atoms with E-state index < -0.39 is 0 Å². The fourth-order valence-corrected chi connectivity index (χ4v) is 5.05. The van der Waals surface area contributed by atoms with Gasteiger partial charge in [-0.25, -0.2) is 4.98 Å². The molecule has 204 valence electrons. The topological polar surface area (TPSA) is 60.8 Å². The number of para-hydroxylation sites is 1. The van der Waals surface area contributed by atoms with Gasteiger partial charge in [0, 0.05) is 52.6 Å². The van der Waals surface area contributed by atoms with Gasteiger partial charge in [-0.05, 0) is 64.4 Å². The minimum absolute atomic E-state index is 0.00357. The Morgan fingerprint density at radius 3 is 1.78 bits per heavy atom. The van der Waals surface area contributed by atoms with Gasteiger partial charge in [-0.3, -0.25) is 15.0 Å². The van der Waals surface area contributed by atoms with Crippen LogP contribution >= 0.6 is 0 Å². The SMILES string of the molecule is CC(C)(C)c1ccnc(-c2cc(Oc3cc(-c4cc(C(C)(C)C)ccn4)c4ccccc4n3)cc3ncccc23)c1. The second-order valence-electron chi connectivity index (χ2n) is 12.5. The van der Waals surface area contributed by atoms with Crippen molar-refractivity contribution in [2.45, 2.75) is 52.4 Å². The number of pyridine rings is 4. The zero-order valence-corrected chi connectivity index (χ0v) is 24.4. The van der Waals surface area contributed by atoms with E-state index in [9.17, 15) is 0 Å². The van der Waals surface area contributed by atoms with Crippen molar-refractivity contribution >= 4 is 21.8 Å². The highest BCUT2D eigenvalue weighted by Crippen LogP contribution is 2.37. The molecule has 0 atom stereocenters. The van der Waals surface area contributed by atoms with Gasteiger partial charge in [-0.15, -0.1) is 0 Å². The zero-order chi connectivity index (χ0) is 28.8. The Labute approximate surface area is 241 Å². The summed E-state index contributed by atoms with van der Waals surface area (Å²) in [4.78, 5) is 19.0. The van der Waals surface area contributed by atoms with E-state index in [1.165, 1.54) is 11.1 Å². The Bertz CT molecular complexity index is 1760. The summed E-state index contributed by atoms with van der Waals surface area (Å²) >= 11 is 0. The van der Waals surface area contributed by atoms with Crippen LogP contribution in [-0.2, 0) is 10.8 Å². The van der Waals surface area contributed by atoms with Crippen molar-refractivity contribution in [3.63, 3.8) is 0 Å². The van der Waals surface area contributed by atoms with E-state index in [2.05, 4.69) is 82.9 Å². The Morgan fingerprint density at radius 2 is 1.12 bits per heavy atom. The largest absolute Gasteiger partial charge is 0.439 e. The molecule has 4 heterocycles. The van der Waals surface area contributed by atoms with Crippen LogP contribution in [0.1, 0.15) is 52.7 Å². The Hall–Kier alpha value is -4.64. The highest BCUT2D eigenvalue weighted by atomic mass is 16.5. The molecule has 6 aromatic rings. The molecule has 0 saturated heterocycles. The standard InChI is InChI=1S/C36H34N4O/c1-35(2,3)23-13-16-38-31(18-23)28-20-25(21-33-27(28)11-9-15-37-33)41-34-22-29(26-10-7-8-12-30(26)40-34)32-19-24(14-17-39-32)36(4,5)6/h7-22H,1-6H3. The van der Waals surface area contributed by atoms with Crippen molar-refractivity contribution in [3.05, 3.63) is 109 Å². The third-order valence-corrected chi connectivity index (χ3v) is 7.41. The summed E-state index contributed by atoms with van der Waals surface area (Å²) in [5, 5.41) is 2.05. The first-order valence-electron chi connectivity index (χ1n) is 14.0. The maximum Gasteiger partial charge on any atom is 0.220 e. The predicted octanol–water partition coefficient (Wildman–Crippen LogP) is 9.29. The maximum atomic E-state index is 6.51. The highest BCUT2D eigenvalue weighted by Gasteiger charge is 2.19. The lowest BCUT2D eigenvalue weighted by atomic mass is 9.86. The summed E-state index contributed by atoms with van der Waals surface area (Å²) < 4.78 is 6.51. The van der Waals surface area contributed by atoms with Gasteiger partial charge in [0.25, 0.3) is 0 Å². The number of rotatable bonds is 4. The van der Waals surface area contributed by atoms with E-state index >= 15 is 0 Å². The number of ether oxygens (including phenoxy) is 1. The number of fused-ring (bicyclic) bond motifs is 2. The number of nitrogens with zero attached hydrogens (tertiary/aromatic N) is 4. The molecule has 0 spiro atoms. The van der Waals surface area contributed by atoms with Crippen LogP contribution in [0.4, 0.5) is 0 Å². The first kappa shape index (κ1) is 26.6. The van der Waals surface area contributed by atoms with Gasteiger partial charge in [0.2, 0.25) is 5.88 Å². The van der Waals surface area contributed by atoms with E-state index in [-0.39, 0.29) is 10.8 Å². The minimum atomic E-state index is 0.00357. The molecule has 0 radical (unpaired) electrons. The number of aromatic nitrogens is 4. The summed E-state index contributed by atoms with van der Waals surface area (Å²) in [6, 6.07) is 26.6. The molecule has 0 bridgehead atoms. The van der Waals surface area contributed by atoms with Gasteiger partial charge in [-0.2, -0.15) is 0 Å². The van der Waals surface area contributed by atoms with Crippen molar-refractivity contribution < 1.29 is 4.74 Å². The molecule has 5 nitrogen and oxygen atoms in total. The second-order valence-corrected chi connectivity index (χ2v) is 12.5. The summed E-state index contributed by atoms with van der Waals surface area (Å²) in [6.07, 6.45) is 5.56. The molecule has 6 rings (SSSR count). The van der Waals surface area contributed by atoms with Crippen LogP contribution in [0.15, 0.2) is 97.5 Å². The van der Waals surface area contributed by atoms with Crippen molar-refractivity contribution in [1.82, 2.24) is 19.9 Å². The molecule has 0 amide bonds. The molecule has 0 aliphatic carbocycles. The van der Waals surface area contributed by atoms with Crippen molar-refractivity contribution in [3.8, 4) is 34.1 Å². The smallest absolute Gasteiger partial charge is 0.220 e. The van der Waals surface area contributed by atoms with Gasteiger partial charge in [0.05, 0.1) is 22.4 Å². The zero-order valence-electron chi connectivity index (χ0n) is 24.4. The lowest BCUT2D eigenvalue weighted by molar-refractivity contribution is 0.466. The van der Waals surface area contributed by atoms with E-state index in [4.69, 9.17) is 19.7 Å². The monoisotopic (exact) mass is 538 g/mol. The van der Waals surface area contributed by atoms with Crippen molar-refractivity contribution in [1.29, 1.82) is 0 Å². The van der Waals surface area contributed by atoms with Crippen molar-refractivity contribution in [2.24, 2.45) is 0 Å². The maximum absolute atomic E-state index is 6.51. The molecule has 0 saturated carbocycles. The summed E-state index contributed by atoms with van der Waals surface area (Å²) in [5.74, 6) is 1.15. The molecule has 0 unspecified atom stereocenters. The normalized spacial score (nSPS) is 12.1. The molecule has 0 fully saturated rings. The Morgan fingerprint density at radius 1 is 0.537 bits per heavy atom. The fourth-order valence-electron chi connectivity index (χ4n) is 5.05. The van der Waals surface area contributed by atoms with Gasteiger partial charge in [0.15, 0.2) is 0 Å². The van der Waals surface area contributed by atoms with Crippen LogP contribution in [0, 0.1) is 0 Å². The van der Waals surface area contributed by atoms with Crippen molar-refractivity contribution in [2.75, 3.05) is 0 Å². The van der Waals surface area contributed by atoms with Gasteiger partial charge < -0.3 is 4.74 Å². The second kappa shape index (κ2) is 10.1. The van der Waals surface area contributed by atoms with Gasteiger partial charge in [0.1, 0.15) is 5.75 Å². The Kier molecular flexibility index (Phi) is 6.53. The van der Waals surface area contributed by atoms with Gasteiger partial charge >= 0.3 is 0 Å². The minimum Gasteiger partial charge on any atom is -0.439 e. The predicted molar refractivity (Wildman–Crippen MR) is 167 cm³/mol. The summed E-state index contributed by atoms with van der Waals surface area (Å²) in [6.45, 7) is 13.3. The lowest BCUT2D eigenvalue weighted by Crippen LogP contribution is -2.11. The van der Waals surface area contributed by atoms with E-state index in [0.717, 1.165) is 44.3 Å². The third kappa shape index (κ3) is 5.40. The fraction of sp³-hybridized carbons (Fsp3) is 0.222. The number of hydrogen-bond acceptors (Lipinski definition) is 5. The molecular weight excluding hydrogens is 504 g/mol. The van der Waals surface area contributed by atoms with E-state index in [1.807, 2.05) is 54.9 Å². The van der Waals surface area contributed by atoms with E-state index in [0.29, 0.717) is 11.6 Å². The molecular formula is C36H34N4O. The van der Waals surface area contributed by atoms with Crippen LogP contribution < -0.4 is 4.74 Å². The number of benzene rings is 2. The molecule has 0 N–H and O–H groups in total. The molecule has 0 aliphatic heterocycles. The third-order valence-electron chi connectivity index (χ3n) is 7.41. The van der Waals surface area contributed by atoms with Crippen LogP contribution in [-0.4, -0.2) is 19.9 Å². The highest BCUT2D eigenvalue weighted by molar-refractivity contribution is 5.96. The van der Waals surface area contributed by atoms with E-state index in [1.54, 1.807) is 6.20 Å². The first-order valence-corrected chi connectivity index (χ1v) is 14.0. The van der Waals surface area contributed by atoms with Crippen LogP contribution in [0.5, 0.6) is 11.6 Å². The van der Waals surface area contributed by atoms with Crippen LogP contribution in [0.3, 0.4) is 0 Å². The molecule has 2 aromatic carbocycles. The van der Waals surface area contributed by atoms with Crippen LogP contribution in [0.25, 0.3) is 44.3 Å². The summed E-state index contributed by atoms with van der Waals surface area (Å²) in [5.41, 5.74) is 7.87. The Balaban J connectivity index is 1.48. The average molecular weight is 539 g/mol. The molecule has 41 heavy (non-hydrogen) atoms. The quantitative estimate of drug-likeness (QED) is 0.224. The summed E-state index contributed by atoms with van der Waals surface area (Å²) in [7, 11) is 0. The average Bonchev–Trinajstić information content (AvgIpc) is 2.95. The van der Waals surface area contributed by atoms with Gasteiger partial charge in [-0.1, -0.05) is 65.8 Å². The lowest BCUT2D eigenvalue weighted by Gasteiger charge is -2.20.